The molecular formula is C13H13N7O2. The van der Waals surface area contributed by atoms with Crippen LogP contribution in [0.3, 0.4) is 0 Å². The van der Waals surface area contributed by atoms with E-state index in [1.807, 2.05) is 24.3 Å². The highest BCUT2D eigenvalue weighted by Gasteiger charge is 2.10. The first-order valence-corrected chi connectivity index (χ1v) is 6.57. The molecule has 3 rings (SSSR count). The molecule has 0 spiro atoms. The molecule has 0 amide bonds. The number of nitrogens with one attached hydrogen (secondary N) is 1. The molecule has 0 saturated heterocycles. The van der Waals surface area contributed by atoms with E-state index in [0.29, 0.717) is 24.0 Å². The summed E-state index contributed by atoms with van der Waals surface area (Å²) in [5.74, 6) is 1.77. The monoisotopic (exact) mass is 299 g/mol. The predicted octanol–water partition coefficient (Wildman–Crippen LogP) is 1.66. The second kappa shape index (κ2) is 5.35. The molecule has 0 aliphatic heterocycles. The first kappa shape index (κ1) is 13.9. The number of anilines is 1. The fourth-order valence-electron chi connectivity index (χ4n) is 2.18. The maximum atomic E-state index is 10.6. The molecule has 0 fully saturated rings. The SMILES string of the molecule is Cc1cc(C)n2c(CNc3ccc([N+](=O)[O-])cn3)nnc2n1. The van der Waals surface area contributed by atoms with E-state index in [-0.39, 0.29) is 5.69 Å². The number of rotatable bonds is 4. The topological polar surface area (TPSA) is 111 Å². The van der Waals surface area contributed by atoms with Gasteiger partial charge in [0.25, 0.3) is 11.5 Å². The number of pyridine rings is 1. The Hall–Kier alpha value is -3.10. The van der Waals surface area contributed by atoms with Crippen LogP contribution in [0.15, 0.2) is 24.4 Å². The van der Waals surface area contributed by atoms with Gasteiger partial charge in [-0.05, 0) is 26.0 Å². The summed E-state index contributed by atoms with van der Waals surface area (Å²) in [6.07, 6.45) is 1.21. The van der Waals surface area contributed by atoms with E-state index in [4.69, 9.17) is 0 Å². The molecule has 112 valence electrons. The lowest BCUT2D eigenvalue weighted by Crippen LogP contribution is -2.07. The molecule has 0 saturated carbocycles. The van der Waals surface area contributed by atoms with Crippen LogP contribution in [0.2, 0.25) is 0 Å². The number of nitrogens with zero attached hydrogens (tertiary/aromatic N) is 6. The molecule has 0 aliphatic carbocycles. The summed E-state index contributed by atoms with van der Waals surface area (Å²) in [7, 11) is 0. The molecule has 0 bridgehead atoms. The van der Waals surface area contributed by atoms with Crippen molar-refractivity contribution in [3.63, 3.8) is 0 Å². The largest absolute Gasteiger partial charge is 0.363 e. The van der Waals surface area contributed by atoms with Crippen molar-refractivity contribution in [2.24, 2.45) is 0 Å². The van der Waals surface area contributed by atoms with E-state index in [1.54, 1.807) is 6.07 Å². The maximum absolute atomic E-state index is 10.6. The Labute approximate surface area is 125 Å². The van der Waals surface area contributed by atoms with Crippen molar-refractivity contribution < 1.29 is 4.92 Å². The summed E-state index contributed by atoms with van der Waals surface area (Å²) >= 11 is 0. The Balaban J connectivity index is 1.80. The van der Waals surface area contributed by atoms with Gasteiger partial charge in [-0.15, -0.1) is 10.2 Å². The van der Waals surface area contributed by atoms with Gasteiger partial charge in [0.1, 0.15) is 12.0 Å². The third-order valence-corrected chi connectivity index (χ3v) is 3.15. The lowest BCUT2D eigenvalue weighted by Gasteiger charge is -2.06. The van der Waals surface area contributed by atoms with Gasteiger partial charge >= 0.3 is 0 Å². The predicted molar refractivity (Wildman–Crippen MR) is 78.5 cm³/mol. The Bertz CT molecular complexity index is 841. The van der Waals surface area contributed by atoms with Crippen molar-refractivity contribution in [3.8, 4) is 0 Å². The van der Waals surface area contributed by atoms with Crippen LogP contribution in [-0.2, 0) is 6.54 Å². The average Bonchev–Trinajstić information content (AvgIpc) is 2.88. The molecule has 0 radical (unpaired) electrons. The van der Waals surface area contributed by atoms with Gasteiger partial charge in [0.15, 0.2) is 5.82 Å². The van der Waals surface area contributed by atoms with E-state index in [2.05, 4.69) is 25.5 Å². The van der Waals surface area contributed by atoms with E-state index in [0.717, 1.165) is 11.4 Å². The molecule has 0 unspecified atom stereocenters. The van der Waals surface area contributed by atoms with Crippen LogP contribution < -0.4 is 5.32 Å². The van der Waals surface area contributed by atoms with E-state index in [9.17, 15) is 10.1 Å². The van der Waals surface area contributed by atoms with Gasteiger partial charge in [0.2, 0.25) is 0 Å². The van der Waals surface area contributed by atoms with E-state index >= 15 is 0 Å². The fraction of sp³-hybridized carbons (Fsp3) is 0.231. The second-order valence-electron chi connectivity index (χ2n) is 4.80. The number of fused-ring (bicyclic) bond motifs is 1. The standard InChI is InChI=1S/C13H13N7O2/c1-8-5-9(2)19-12(17-18-13(19)16-8)7-15-11-4-3-10(6-14-11)20(21)22/h3-6H,7H2,1-2H3,(H,14,15). The molecule has 22 heavy (non-hydrogen) atoms. The molecule has 3 aromatic heterocycles. The fourth-order valence-corrected chi connectivity index (χ4v) is 2.18. The Morgan fingerprint density at radius 2 is 2.14 bits per heavy atom. The lowest BCUT2D eigenvalue weighted by atomic mass is 10.3. The highest BCUT2D eigenvalue weighted by Crippen LogP contribution is 2.13. The van der Waals surface area contributed by atoms with Crippen LogP contribution in [0.5, 0.6) is 0 Å². The molecule has 3 heterocycles. The third-order valence-electron chi connectivity index (χ3n) is 3.15. The minimum absolute atomic E-state index is 0.0472. The smallest absolute Gasteiger partial charge is 0.287 e. The van der Waals surface area contributed by atoms with Gasteiger partial charge in [-0.25, -0.2) is 9.97 Å². The zero-order valence-corrected chi connectivity index (χ0v) is 12.0. The third kappa shape index (κ3) is 2.55. The summed E-state index contributed by atoms with van der Waals surface area (Å²) in [4.78, 5) is 18.4. The Morgan fingerprint density at radius 1 is 1.32 bits per heavy atom. The van der Waals surface area contributed by atoms with Crippen LogP contribution in [0.4, 0.5) is 11.5 Å². The first-order chi connectivity index (χ1) is 10.5. The minimum Gasteiger partial charge on any atom is -0.363 e. The zero-order valence-electron chi connectivity index (χ0n) is 12.0. The highest BCUT2D eigenvalue weighted by atomic mass is 16.6. The number of aromatic nitrogens is 5. The summed E-state index contributed by atoms with van der Waals surface area (Å²) in [6.45, 7) is 4.25. The van der Waals surface area contributed by atoms with Gasteiger partial charge < -0.3 is 5.32 Å². The van der Waals surface area contributed by atoms with Crippen LogP contribution in [0.1, 0.15) is 17.2 Å². The molecular weight excluding hydrogens is 286 g/mol. The van der Waals surface area contributed by atoms with Crippen molar-refractivity contribution >= 4 is 17.3 Å². The van der Waals surface area contributed by atoms with Gasteiger partial charge in [-0.3, -0.25) is 14.5 Å². The highest BCUT2D eigenvalue weighted by molar-refractivity contribution is 5.41. The molecule has 0 atom stereocenters. The zero-order chi connectivity index (χ0) is 15.7. The molecule has 1 N–H and O–H groups in total. The summed E-state index contributed by atoms with van der Waals surface area (Å²) in [6, 6.07) is 4.90. The first-order valence-electron chi connectivity index (χ1n) is 6.57. The lowest BCUT2D eigenvalue weighted by molar-refractivity contribution is -0.385. The summed E-state index contributed by atoms with van der Waals surface area (Å²) in [5.41, 5.74) is 1.82. The summed E-state index contributed by atoms with van der Waals surface area (Å²) < 4.78 is 1.85. The number of hydrogen-bond acceptors (Lipinski definition) is 7. The minimum atomic E-state index is -0.486. The van der Waals surface area contributed by atoms with Gasteiger partial charge in [-0.1, -0.05) is 0 Å². The normalized spacial score (nSPS) is 10.8. The van der Waals surface area contributed by atoms with Crippen molar-refractivity contribution in [3.05, 3.63) is 51.7 Å². The van der Waals surface area contributed by atoms with Crippen LogP contribution >= 0.6 is 0 Å². The average molecular weight is 299 g/mol. The van der Waals surface area contributed by atoms with Gasteiger partial charge in [-0.2, -0.15) is 0 Å². The quantitative estimate of drug-likeness (QED) is 0.576. The second-order valence-corrected chi connectivity index (χ2v) is 4.80. The Morgan fingerprint density at radius 3 is 2.82 bits per heavy atom. The van der Waals surface area contributed by atoms with Crippen molar-refractivity contribution in [1.29, 1.82) is 0 Å². The van der Waals surface area contributed by atoms with Gasteiger partial charge in [0, 0.05) is 17.5 Å². The Kier molecular flexibility index (Phi) is 3.37. The molecule has 9 heteroatoms. The molecule has 0 aromatic carbocycles. The molecule has 3 aromatic rings. The van der Waals surface area contributed by atoms with Gasteiger partial charge in [0.05, 0.1) is 11.5 Å². The molecule has 0 aliphatic rings. The number of hydrogen-bond donors (Lipinski definition) is 1. The summed E-state index contributed by atoms with van der Waals surface area (Å²) in [5, 5.41) is 21.8. The van der Waals surface area contributed by atoms with Crippen LogP contribution in [0, 0.1) is 24.0 Å². The van der Waals surface area contributed by atoms with E-state index in [1.165, 1.54) is 12.3 Å². The van der Waals surface area contributed by atoms with Crippen molar-refractivity contribution in [2.45, 2.75) is 20.4 Å². The maximum Gasteiger partial charge on any atom is 0.287 e. The van der Waals surface area contributed by atoms with Crippen molar-refractivity contribution in [1.82, 2.24) is 24.6 Å². The number of aryl methyl sites for hydroxylation is 2. The van der Waals surface area contributed by atoms with E-state index < -0.39 is 4.92 Å². The van der Waals surface area contributed by atoms with Crippen molar-refractivity contribution in [2.75, 3.05) is 5.32 Å². The van der Waals surface area contributed by atoms with Crippen LogP contribution in [-0.4, -0.2) is 29.5 Å². The molecule has 9 nitrogen and oxygen atoms in total. The number of nitro groups is 1. The van der Waals surface area contributed by atoms with Crippen LogP contribution in [0.25, 0.3) is 5.78 Å².